The molecule has 4 heteroatoms. The Balaban J connectivity index is 4.22. The minimum absolute atomic E-state index is 0.288. The molecule has 0 saturated heterocycles. The van der Waals surface area contributed by atoms with Crippen molar-refractivity contribution in [3.05, 3.63) is 11.8 Å². The van der Waals surface area contributed by atoms with Crippen molar-refractivity contribution in [1.82, 2.24) is 0 Å². The number of allylic oxidation sites excluding steroid dienone is 1. The summed E-state index contributed by atoms with van der Waals surface area (Å²) >= 11 is 0. The first kappa shape index (κ1) is 10.7. The van der Waals surface area contributed by atoms with Crippen molar-refractivity contribution in [1.29, 1.82) is 0 Å². The normalized spacial score (nSPS) is 11.0. The van der Waals surface area contributed by atoms with Gasteiger partial charge in [-0.3, -0.25) is 4.79 Å². The van der Waals surface area contributed by atoms with E-state index in [1.54, 1.807) is 0 Å². The number of unbranched alkanes of at least 4 members (excludes halogenated alkanes) is 1. The molecule has 0 spiro atoms. The molecule has 68 valence electrons. The Kier molecular flexibility index (Phi) is 4.76. The summed E-state index contributed by atoms with van der Waals surface area (Å²) in [6.07, 6.45) is 2.80. The first-order chi connectivity index (χ1) is 5.57. The summed E-state index contributed by atoms with van der Waals surface area (Å²) in [5, 5.41) is 8.50. The second-order valence-electron chi connectivity index (χ2n) is 2.26. The summed E-state index contributed by atoms with van der Waals surface area (Å²) in [5.74, 6) is -2.11. The zero-order chi connectivity index (χ0) is 9.56. The molecule has 0 atom stereocenters. The fourth-order valence-corrected chi connectivity index (χ4v) is 0.603. The predicted octanol–water partition coefficient (Wildman–Crippen LogP) is 1.32. The van der Waals surface area contributed by atoms with Gasteiger partial charge in [0.15, 0.2) is 0 Å². The van der Waals surface area contributed by atoms with E-state index < -0.39 is 11.9 Å². The van der Waals surface area contributed by atoms with E-state index in [1.807, 2.05) is 6.92 Å². The molecule has 0 saturated carbocycles. The molecule has 0 unspecified atom stereocenters. The first-order valence-electron chi connectivity index (χ1n) is 3.69. The maximum absolute atomic E-state index is 10.4. The molecule has 0 rings (SSSR count). The van der Waals surface area contributed by atoms with Crippen LogP contribution in [-0.2, 0) is 14.3 Å². The standard InChI is InChI=1S/C8H12O4/c1-3-4-5-7(8(10)11)12-6(2)9/h5H,3-4H2,1-2H3,(H,10,11). The van der Waals surface area contributed by atoms with Crippen LogP contribution in [0.5, 0.6) is 0 Å². The Morgan fingerprint density at radius 1 is 1.50 bits per heavy atom. The van der Waals surface area contributed by atoms with Gasteiger partial charge in [0.2, 0.25) is 5.76 Å². The highest BCUT2D eigenvalue weighted by molar-refractivity contribution is 5.87. The predicted molar refractivity (Wildman–Crippen MR) is 42.4 cm³/mol. The molecule has 1 N–H and O–H groups in total. The molecule has 0 aromatic rings. The first-order valence-corrected chi connectivity index (χ1v) is 3.69. The number of carbonyl (C=O) groups excluding carboxylic acids is 1. The Hall–Kier alpha value is -1.32. The molecule has 0 radical (unpaired) electrons. The Labute approximate surface area is 70.8 Å². The lowest BCUT2D eigenvalue weighted by atomic mass is 10.3. The van der Waals surface area contributed by atoms with Crippen molar-refractivity contribution in [3.8, 4) is 0 Å². The third-order valence-corrected chi connectivity index (χ3v) is 1.08. The van der Waals surface area contributed by atoms with Crippen LogP contribution in [-0.4, -0.2) is 17.0 Å². The van der Waals surface area contributed by atoms with Crippen LogP contribution in [0.15, 0.2) is 11.8 Å². The third-order valence-electron chi connectivity index (χ3n) is 1.08. The van der Waals surface area contributed by atoms with Gasteiger partial charge in [-0.15, -0.1) is 0 Å². The summed E-state index contributed by atoms with van der Waals surface area (Å²) in [6, 6.07) is 0. The number of esters is 1. The fraction of sp³-hybridized carbons (Fsp3) is 0.500. The summed E-state index contributed by atoms with van der Waals surface area (Å²) in [4.78, 5) is 20.8. The fourth-order valence-electron chi connectivity index (χ4n) is 0.603. The number of carbonyl (C=O) groups is 2. The van der Waals surface area contributed by atoms with Crippen LogP contribution < -0.4 is 0 Å². The molecule has 4 nitrogen and oxygen atoms in total. The lowest BCUT2D eigenvalue weighted by Crippen LogP contribution is -2.08. The lowest BCUT2D eigenvalue weighted by molar-refractivity contribution is -0.146. The van der Waals surface area contributed by atoms with Crippen LogP contribution in [0, 0.1) is 0 Å². The van der Waals surface area contributed by atoms with E-state index in [1.165, 1.54) is 13.0 Å². The number of carboxylic acids is 1. The molecule has 0 fully saturated rings. The van der Waals surface area contributed by atoms with Gasteiger partial charge in [-0.1, -0.05) is 13.3 Å². The van der Waals surface area contributed by atoms with Crippen molar-refractivity contribution in [2.75, 3.05) is 0 Å². The number of rotatable bonds is 4. The van der Waals surface area contributed by atoms with Crippen LogP contribution in [0.25, 0.3) is 0 Å². The monoisotopic (exact) mass is 172 g/mol. The van der Waals surface area contributed by atoms with Gasteiger partial charge in [-0.05, 0) is 12.5 Å². The van der Waals surface area contributed by atoms with E-state index in [2.05, 4.69) is 4.74 Å². The lowest BCUT2D eigenvalue weighted by Gasteiger charge is -2.00. The average molecular weight is 172 g/mol. The SMILES string of the molecule is CCCC=C(OC(C)=O)C(=O)O. The van der Waals surface area contributed by atoms with Crippen LogP contribution in [0.4, 0.5) is 0 Å². The second kappa shape index (κ2) is 5.35. The van der Waals surface area contributed by atoms with Crippen LogP contribution in [0.1, 0.15) is 26.7 Å². The highest BCUT2D eigenvalue weighted by Gasteiger charge is 2.09. The van der Waals surface area contributed by atoms with E-state index in [0.717, 1.165) is 6.42 Å². The number of carboxylic acid groups (broad SMARTS) is 1. The number of aliphatic carboxylic acids is 1. The molecule has 0 bridgehead atoms. The van der Waals surface area contributed by atoms with Gasteiger partial charge in [0.05, 0.1) is 0 Å². The molecule has 0 amide bonds. The van der Waals surface area contributed by atoms with E-state index in [-0.39, 0.29) is 5.76 Å². The highest BCUT2D eigenvalue weighted by atomic mass is 16.6. The Morgan fingerprint density at radius 3 is 2.42 bits per heavy atom. The van der Waals surface area contributed by atoms with Crippen molar-refractivity contribution in [3.63, 3.8) is 0 Å². The molecule has 0 heterocycles. The van der Waals surface area contributed by atoms with Gasteiger partial charge in [0.25, 0.3) is 0 Å². The highest BCUT2D eigenvalue weighted by Crippen LogP contribution is 2.01. The number of hydrogen-bond acceptors (Lipinski definition) is 3. The Morgan fingerprint density at radius 2 is 2.08 bits per heavy atom. The van der Waals surface area contributed by atoms with Crippen molar-refractivity contribution in [2.45, 2.75) is 26.7 Å². The number of ether oxygens (including phenoxy) is 1. The quantitative estimate of drug-likeness (QED) is 0.394. The van der Waals surface area contributed by atoms with Gasteiger partial charge in [0.1, 0.15) is 0 Å². The summed E-state index contributed by atoms with van der Waals surface area (Å²) in [5.41, 5.74) is 0. The van der Waals surface area contributed by atoms with E-state index in [4.69, 9.17) is 5.11 Å². The molecule has 0 aromatic heterocycles. The van der Waals surface area contributed by atoms with Gasteiger partial charge < -0.3 is 9.84 Å². The van der Waals surface area contributed by atoms with Crippen molar-refractivity contribution >= 4 is 11.9 Å². The van der Waals surface area contributed by atoms with Gasteiger partial charge in [-0.25, -0.2) is 4.79 Å². The smallest absolute Gasteiger partial charge is 0.371 e. The maximum atomic E-state index is 10.4. The second-order valence-corrected chi connectivity index (χ2v) is 2.26. The topological polar surface area (TPSA) is 63.6 Å². The van der Waals surface area contributed by atoms with Gasteiger partial charge in [-0.2, -0.15) is 0 Å². The molecule has 0 aromatic carbocycles. The minimum Gasteiger partial charge on any atom is -0.475 e. The molecular weight excluding hydrogens is 160 g/mol. The van der Waals surface area contributed by atoms with Crippen LogP contribution in [0.2, 0.25) is 0 Å². The summed E-state index contributed by atoms with van der Waals surface area (Å²) in [7, 11) is 0. The van der Waals surface area contributed by atoms with Crippen LogP contribution >= 0.6 is 0 Å². The van der Waals surface area contributed by atoms with E-state index in [0.29, 0.717) is 6.42 Å². The maximum Gasteiger partial charge on any atom is 0.371 e. The summed E-state index contributed by atoms with van der Waals surface area (Å²) < 4.78 is 4.44. The molecule has 0 aliphatic rings. The zero-order valence-electron chi connectivity index (χ0n) is 7.16. The van der Waals surface area contributed by atoms with Crippen molar-refractivity contribution in [2.24, 2.45) is 0 Å². The third kappa shape index (κ3) is 4.49. The van der Waals surface area contributed by atoms with Gasteiger partial charge >= 0.3 is 11.9 Å². The average Bonchev–Trinajstić information content (AvgIpc) is 1.96. The molecule has 0 aliphatic carbocycles. The zero-order valence-corrected chi connectivity index (χ0v) is 7.16. The minimum atomic E-state index is -1.21. The number of hydrogen-bond donors (Lipinski definition) is 1. The Bertz CT molecular complexity index is 205. The van der Waals surface area contributed by atoms with Crippen LogP contribution in [0.3, 0.4) is 0 Å². The van der Waals surface area contributed by atoms with Crippen molar-refractivity contribution < 1.29 is 19.4 Å². The molecular formula is C8H12O4. The van der Waals surface area contributed by atoms with E-state index in [9.17, 15) is 9.59 Å². The van der Waals surface area contributed by atoms with E-state index >= 15 is 0 Å². The largest absolute Gasteiger partial charge is 0.475 e. The molecule has 0 aliphatic heterocycles. The molecule has 12 heavy (non-hydrogen) atoms. The summed E-state index contributed by atoms with van der Waals surface area (Å²) in [6.45, 7) is 3.08. The van der Waals surface area contributed by atoms with Gasteiger partial charge in [0, 0.05) is 6.92 Å².